The average Bonchev–Trinajstić information content (AvgIpc) is 2.90. The SMILES string of the molecule is C=C(c1ccc2ccoc2c1)C(CCCC)NCC. The molecule has 2 rings (SSSR count). The zero-order valence-corrected chi connectivity index (χ0v) is 11.9. The molecular formula is C17H23NO. The van der Waals surface area contributed by atoms with Crippen LogP contribution in [0.3, 0.4) is 0 Å². The van der Waals surface area contributed by atoms with E-state index in [1.165, 1.54) is 18.4 Å². The van der Waals surface area contributed by atoms with E-state index in [2.05, 4.69) is 43.9 Å². The first-order valence-electron chi connectivity index (χ1n) is 7.16. The number of fused-ring (bicyclic) bond motifs is 1. The molecule has 2 nitrogen and oxygen atoms in total. The maximum absolute atomic E-state index is 5.47. The third-order valence-corrected chi connectivity index (χ3v) is 3.54. The van der Waals surface area contributed by atoms with Crippen molar-refractivity contribution >= 4 is 16.5 Å². The number of hydrogen-bond acceptors (Lipinski definition) is 2. The lowest BCUT2D eigenvalue weighted by Crippen LogP contribution is -2.29. The highest BCUT2D eigenvalue weighted by molar-refractivity contribution is 5.82. The first-order chi connectivity index (χ1) is 9.26. The molecule has 1 heterocycles. The lowest BCUT2D eigenvalue weighted by atomic mass is 9.95. The summed E-state index contributed by atoms with van der Waals surface area (Å²) in [7, 11) is 0. The molecule has 0 radical (unpaired) electrons. The third-order valence-electron chi connectivity index (χ3n) is 3.54. The molecule has 0 spiro atoms. The Morgan fingerprint density at radius 1 is 1.32 bits per heavy atom. The van der Waals surface area contributed by atoms with Crippen LogP contribution < -0.4 is 5.32 Å². The highest BCUT2D eigenvalue weighted by Gasteiger charge is 2.13. The second kappa shape index (κ2) is 6.58. The fraction of sp³-hybridized carbons (Fsp3) is 0.412. The van der Waals surface area contributed by atoms with Crippen LogP contribution in [0.15, 0.2) is 41.5 Å². The van der Waals surface area contributed by atoms with Gasteiger partial charge in [-0.3, -0.25) is 0 Å². The number of nitrogens with one attached hydrogen (secondary N) is 1. The smallest absolute Gasteiger partial charge is 0.134 e. The summed E-state index contributed by atoms with van der Waals surface area (Å²) in [6.07, 6.45) is 5.31. The standard InChI is InChI=1S/C17H23NO/c1-4-6-7-16(18-5-2)13(3)15-9-8-14-10-11-19-17(14)12-15/h8-12,16,18H,3-7H2,1-2H3. The summed E-state index contributed by atoms with van der Waals surface area (Å²) in [5.74, 6) is 0. The minimum Gasteiger partial charge on any atom is -0.464 e. The van der Waals surface area contributed by atoms with E-state index in [1.54, 1.807) is 6.26 Å². The van der Waals surface area contributed by atoms with Crippen LogP contribution in [0.2, 0.25) is 0 Å². The van der Waals surface area contributed by atoms with Gasteiger partial charge in [-0.15, -0.1) is 0 Å². The zero-order chi connectivity index (χ0) is 13.7. The molecule has 0 aliphatic heterocycles. The molecule has 1 aromatic heterocycles. The zero-order valence-electron chi connectivity index (χ0n) is 11.9. The van der Waals surface area contributed by atoms with Crippen LogP contribution in [0.4, 0.5) is 0 Å². The molecule has 102 valence electrons. The highest BCUT2D eigenvalue weighted by Crippen LogP contribution is 2.24. The number of rotatable bonds is 7. The minimum atomic E-state index is 0.359. The molecular weight excluding hydrogens is 234 g/mol. The average molecular weight is 257 g/mol. The monoisotopic (exact) mass is 257 g/mol. The summed E-state index contributed by atoms with van der Waals surface area (Å²) in [6.45, 7) is 9.62. The van der Waals surface area contributed by atoms with Gasteiger partial charge in [-0.25, -0.2) is 0 Å². The van der Waals surface area contributed by atoms with E-state index in [9.17, 15) is 0 Å². The van der Waals surface area contributed by atoms with E-state index in [1.807, 2.05) is 6.07 Å². The van der Waals surface area contributed by atoms with Crippen LogP contribution in [0.1, 0.15) is 38.7 Å². The minimum absolute atomic E-state index is 0.359. The number of likely N-dealkylation sites (N-methyl/N-ethyl adjacent to an activating group) is 1. The first-order valence-corrected chi connectivity index (χ1v) is 7.16. The molecule has 1 unspecified atom stereocenters. The van der Waals surface area contributed by atoms with Gasteiger partial charge in [-0.2, -0.15) is 0 Å². The van der Waals surface area contributed by atoms with Crippen molar-refractivity contribution in [2.75, 3.05) is 6.54 Å². The predicted molar refractivity (Wildman–Crippen MR) is 82.2 cm³/mol. The molecule has 19 heavy (non-hydrogen) atoms. The van der Waals surface area contributed by atoms with Gasteiger partial charge >= 0.3 is 0 Å². The van der Waals surface area contributed by atoms with Gasteiger partial charge in [0.1, 0.15) is 5.58 Å². The van der Waals surface area contributed by atoms with Crippen molar-refractivity contribution in [1.29, 1.82) is 0 Å². The summed E-state index contributed by atoms with van der Waals surface area (Å²) in [6, 6.07) is 8.67. The van der Waals surface area contributed by atoms with Crippen LogP contribution in [0.5, 0.6) is 0 Å². The normalized spacial score (nSPS) is 12.7. The van der Waals surface area contributed by atoms with Crippen LogP contribution in [0.25, 0.3) is 16.5 Å². The van der Waals surface area contributed by atoms with Crippen molar-refractivity contribution in [3.05, 3.63) is 42.7 Å². The Kier molecular flexibility index (Phi) is 4.80. The van der Waals surface area contributed by atoms with Gasteiger partial charge in [-0.1, -0.05) is 45.4 Å². The Morgan fingerprint density at radius 3 is 2.89 bits per heavy atom. The highest BCUT2D eigenvalue weighted by atomic mass is 16.3. The number of hydrogen-bond donors (Lipinski definition) is 1. The molecule has 0 fully saturated rings. The van der Waals surface area contributed by atoms with Crippen molar-refractivity contribution in [1.82, 2.24) is 5.32 Å². The van der Waals surface area contributed by atoms with Crippen LogP contribution in [-0.2, 0) is 0 Å². The van der Waals surface area contributed by atoms with Gasteiger partial charge < -0.3 is 9.73 Å². The van der Waals surface area contributed by atoms with Gasteiger partial charge in [0.2, 0.25) is 0 Å². The molecule has 0 aliphatic carbocycles. The maximum atomic E-state index is 5.47. The van der Waals surface area contributed by atoms with Crippen molar-refractivity contribution in [3.8, 4) is 0 Å². The van der Waals surface area contributed by atoms with Crippen molar-refractivity contribution in [2.24, 2.45) is 0 Å². The van der Waals surface area contributed by atoms with Crippen molar-refractivity contribution < 1.29 is 4.42 Å². The molecule has 0 aliphatic rings. The van der Waals surface area contributed by atoms with E-state index in [0.29, 0.717) is 6.04 Å². The van der Waals surface area contributed by atoms with Crippen LogP contribution >= 0.6 is 0 Å². The molecule has 0 amide bonds. The third kappa shape index (κ3) is 3.27. The van der Waals surface area contributed by atoms with Crippen molar-refractivity contribution in [3.63, 3.8) is 0 Å². The quantitative estimate of drug-likeness (QED) is 0.783. The fourth-order valence-corrected chi connectivity index (χ4v) is 2.41. The van der Waals surface area contributed by atoms with E-state index in [4.69, 9.17) is 4.42 Å². The molecule has 2 aromatic rings. The van der Waals surface area contributed by atoms with E-state index in [0.717, 1.165) is 29.5 Å². The van der Waals surface area contributed by atoms with Gasteiger partial charge in [0.15, 0.2) is 0 Å². The lowest BCUT2D eigenvalue weighted by molar-refractivity contribution is 0.559. The van der Waals surface area contributed by atoms with E-state index in [-0.39, 0.29) is 0 Å². The summed E-state index contributed by atoms with van der Waals surface area (Å²) in [5.41, 5.74) is 3.27. The second-order valence-corrected chi connectivity index (χ2v) is 4.95. The lowest BCUT2D eigenvalue weighted by Gasteiger charge is -2.20. The molecule has 1 atom stereocenters. The Labute approximate surface area is 115 Å². The van der Waals surface area contributed by atoms with Gasteiger partial charge in [0.05, 0.1) is 6.26 Å². The second-order valence-electron chi connectivity index (χ2n) is 4.95. The summed E-state index contributed by atoms with van der Waals surface area (Å²) < 4.78 is 5.47. The van der Waals surface area contributed by atoms with Gasteiger partial charge in [-0.05, 0) is 36.2 Å². The van der Waals surface area contributed by atoms with Crippen LogP contribution in [-0.4, -0.2) is 12.6 Å². The summed E-state index contributed by atoms with van der Waals surface area (Å²) in [4.78, 5) is 0. The van der Waals surface area contributed by atoms with Gasteiger partial charge in [0.25, 0.3) is 0 Å². The Balaban J connectivity index is 2.19. The Hall–Kier alpha value is -1.54. The Morgan fingerprint density at radius 2 is 2.16 bits per heavy atom. The number of benzene rings is 1. The number of furan rings is 1. The molecule has 1 aromatic carbocycles. The largest absolute Gasteiger partial charge is 0.464 e. The molecule has 0 saturated heterocycles. The van der Waals surface area contributed by atoms with Crippen molar-refractivity contribution in [2.45, 2.75) is 39.2 Å². The summed E-state index contributed by atoms with van der Waals surface area (Å²) in [5, 5.41) is 4.67. The Bertz CT molecular complexity index is 541. The molecule has 0 bridgehead atoms. The van der Waals surface area contributed by atoms with Crippen LogP contribution in [0, 0.1) is 0 Å². The number of unbranched alkanes of at least 4 members (excludes halogenated alkanes) is 1. The maximum Gasteiger partial charge on any atom is 0.134 e. The topological polar surface area (TPSA) is 25.2 Å². The fourth-order valence-electron chi connectivity index (χ4n) is 2.41. The molecule has 0 saturated carbocycles. The summed E-state index contributed by atoms with van der Waals surface area (Å²) >= 11 is 0. The molecule has 2 heteroatoms. The molecule has 1 N–H and O–H groups in total. The van der Waals surface area contributed by atoms with E-state index < -0.39 is 0 Å². The predicted octanol–water partition coefficient (Wildman–Crippen LogP) is 4.61. The first kappa shape index (κ1) is 13.9. The van der Waals surface area contributed by atoms with Gasteiger partial charge in [0, 0.05) is 11.4 Å². The van der Waals surface area contributed by atoms with E-state index >= 15 is 0 Å².